The minimum atomic E-state index is -0.395. The van der Waals surface area contributed by atoms with Gasteiger partial charge in [0.15, 0.2) is 0 Å². The fourth-order valence-electron chi connectivity index (χ4n) is 7.12. The lowest BCUT2D eigenvalue weighted by Crippen LogP contribution is -2.36. The minimum absolute atomic E-state index is 0.0249. The SMILES string of the molecule is Cc1ccc(C(C2=CC=CC2)(c2ccc(C)cc2)c2c(C(C)(C)C)ccc3c2Cc2cc(C(C)(C)C)ccc2-3)cc1. The van der Waals surface area contributed by atoms with Gasteiger partial charge in [0.25, 0.3) is 0 Å². The van der Waals surface area contributed by atoms with E-state index in [1.807, 2.05) is 0 Å². The zero-order valence-corrected chi connectivity index (χ0v) is 26.2. The third kappa shape index (κ3) is 4.53. The molecule has 0 nitrogen and oxygen atoms in total. The van der Waals surface area contributed by atoms with E-state index in [4.69, 9.17) is 0 Å². The van der Waals surface area contributed by atoms with Crippen LogP contribution in [0.25, 0.3) is 11.1 Å². The molecule has 0 heteroatoms. The maximum absolute atomic E-state index is 2.48. The molecular weight excluding hydrogens is 492 g/mol. The quantitative estimate of drug-likeness (QED) is 0.200. The minimum Gasteiger partial charge on any atom is -0.0804 e. The molecular formula is C41H44. The molecule has 0 atom stereocenters. The summed E-state index contributed by atoms with van der Waals surface area (Å²) in [4.78, 5) is 0. The molecule has 6 rings (SSSR count). The highest BCUT2D eigenvalue weighted by Gasteiger charge is 2.45. The van der Waals surface area contributed by atoms with E-state index < -0.39 is 5.41 Å². The summed E-state index contributed by atoms with van der Waals surface area (Å²) >= 11 is 0. The summed E-state index contributed by atoms with van der Waals surface area (Å²) in [5.74, 6) is 0. The van der Waals surface area contributed by atoms with E-state index in [-0.39, 0.29) is 10.8 Å². The summed E-state index contributed by atoms with van der Waals surface area (Å²) in [6.45, 7) is 18.5. The average molecular weight is 537 g/mol. The molecule has 0 aromatic heterocycles. The van der Waals surface area contributed by atoms with Crippen molar-refractivity contribution in [3.8, 4) is 11.1 Å². The Balaban J connectivity index is 1.75. The third-order valence-electron chi connectivity index (χ3n) is 9.35. The Morgan fingerprint density at radius 2 is 1.15 bits per heavy atom. The first-order chi connectivity index (χ1) is 19.4. The summed E-state index contributed by atoms with van der Waals surface area (Å²) in [7, 11) is 0. The van der Waals surface area contributed by atoms with E-state index >= 15 is 0 Å². The molecule has 4 aromatic carbocycles. The van der Waals surface area contributed by atoms with Gasteiger partial charge < -0.3 is 0 Å². The first-order valence-electron chi connectivity index (χ1n) is 15.2. The van der Waals surface area contributed by atoms with Gasteiger partial charge in [-0.25, -0.2) is 0 Å². The Hall–Kier alpha value is -3.64. The van der Waals surface area contributed by atoms with Crippen LogP contribution in [0.3, 0.4) is 0 Å². The topological polar surface area (TPSA) is 0 Å². The number of benzene rings is 4. The Kier molecular flexibility index (Phi) is 6.53. The van der Waals surface area contributed by atoms with Crippen molar-refractivity contribution in [2.45, 2.75) is 84.5 Å². The molecule has 2 aliphatic carbocycles. The average Bonchev–Trinajstić information content (AvgIpc) is 3.58. The fourth-order valence-corrected chi connectivity index (χ4v) is 7.12. The highest BCUT2D eigenvalue weighted by molar-refractivity contribution is 5.82. The highest BCUT2D eigenvalue weighted by Crippen LogP contribution is 2.55. The fraction of sp³-hybridized carbons (Fsp3) is 0.317. The van der Waals surface area contributed by atoms with Crippen molar-refractivity contribution in [2.75, 3.05) is 0 Å². The van der Waals surface area contributed by atoms with Gasteiger partial charge in [-0.15, -0.1) is 0 Å². The number of rotatable bonds is 4. The summed E-state index contributed by atoms with van der Waals surface area (Å²) in [6.07, 6.45) is 8.91. The van der Waals surface area contributed by atoms with Crippen molar-refractivity contribution in [3.63, 3.8) is 0 Å². The van der Waals surface area contributed by atoms with Crippen LogP contribution in [0.5, 0.6) is 0 Å². The van der Waals surface area contributed by atoms with Gasteiger partial charge >= 0.3 is 0 Å². The van der Waals surface area contributed by atoms with E-state index in [2.05, 4.69) is 152 Å². The van der Waals surface area contributed by atoms with Crippen LogP contribution in [-0.2, 0) is 22.7 Å². The second-order valence-corrected chi connectivity index (χ2v) is 14.4. The smallest absolute Gasteiger partial charge is 0.0673 e. The molecule has 0 amide bonds. The number of hydrogen-bond donors (Lipinski definition) is 0. The van der Waals surface area contributed by atoms with Gasteiger partial charge in [-0.3, -0.25) is 0 Å². The normalized spacial score (nSPS) is 14.7. The Labute approximate surface area is 247 Å². The molecule has 0 saturated heterocycles. The van der Waals surface area contributed by atoms with Gasteiger partial charge in [0.2, 0.25) is 0 Å². The standard InChI is InChI=1S/C41H44/c1-27-13-17-31(18-14-27)41(30-11-9-10-12-30,32-19-15-28(2)16-20-32)38-36-26-29-25-33(39(3,4)5)21-22-34(29)35(36)23-24-37(38)40(6,7)8/h9-11,13-25H,12,26H2,1-8H3. The maximum Gasteiger partial charge on any atom is 0.0673 e. The second kappa shape index (κ2) is 9.73. The first-order valence-corrected chi connectivity index (χ1v) is 15.2. The summed E-state index contributed by atoms with van der Waals surface area (Å²) < 4.78 is 0. The zero-order chi connectivity index (χ0) is 29.2. The molecule has 41 heavy (non-hydrogen) atoms. The van der Waals surface area contributed by atoms with E-state index in [9.17, 15) is 0 Å². The molecule has 0 N–H and O–H groups in total. The molecule has 0 unspecified atom stereocenters. The van der Waals surface area contributed by atoms with Crippen molar-refractivity contribution >= 4 is 0 Å². The lowest BCUT2D eigenvalue weighted by molar-refractivity contribution is 0.563. The van der Waals surface area contributed by atoms with Gasteiger partial charge in [-0.05, 0) is 93.2 Å². The number of allylic oxidation sites excluding steroid dienone is 4. The van der Waals surface area contributed by atoms with E-state index in [0.29, 0.717) is 0 Å². The van der Waals surface area contributed by atoms with Crippen LogP contribution in [-0.4, -0.2) is 0 Å². The van der Waals surface area contributed by atoms with Crippen molar-refractivity contribution in [1.82, 2.24) is 0 Å². The van der Waals surface area contributed by atoms with Gasteiger partial charge in [0.1, 0.15) is 0 Å². The monoisotopic (exact) mass is 536 g/mol. The lowest BCUT2D eigenvalue weighted by atomic mass is 9.59. The summed E-state index contributed by atoms with van der Waals surface area (Å²) in [6, 6.07) is 30.8. The van der Waals surface area contributed by atoms with Crippen LogP contribution in [0, 0.1) is 13.8 Å². The third-order valence-corrected chi connectivity index (χ3v) is 9.35. The maximum atomic E-state index is 2.48. The molecule has 0 bridgehead atoms. The molecule has 0 aliphatic heterocycles. The second-order valence-electron chi connectivity index (χ2n) is 14.4. The Morgan fingerprint density at radius 1 is 0.585 bits per heavy atom. The van der Waals surface area contributed by atoms with E-state index in [1.54, 1.807) is 0 Å². The predicted molar refractivity (Wildman–Crippen MR) is 176 cm³/mol. The number of hydrogen-bond acceptors (Lipinski definition) is 0. The van der Waals surface area contributed by atoms with Gasteiger partial charge in [0, 0.05) is 0 Å². The number of aryl methyl sites for hydroxylation is 2. The van der Waals surface area contributed by atoms with E-state index in [0.717, 1.165) is 12.8 Å². The van der Waals surface area contributed by atoms with Crippen molar-refractivity contribution < 1.29 is 0 Å². The van der Waals surface area contributed by atoms with Crippen LogP contribution >= 0.6 is 0 Å². The molecule has 0 radical (unpaired) electrons. The first kappa shape index (κ1) is 27.5. The molecule has 208 valence electrons. The van der Waals surface area contributed by atoms with Crippen molar-refractivity contribution in [2.24, 2.45) is 0 Å². The van der Waals surface area contributed by atoms with Crippen LogP contribution in [0.2, 0.25) is 0 Å². The molecule has 0 heterocycles. The van der Waals surface area contributed by atoms with Crippen molar-refractivity contribution in [1.29, 1.82) is 0 Å². The lowest BCUT2D eigenvalue weighted by Gasteiger charge is -2.43. The summed E-state index contributed by atoms with van der Waals surface area (Å²) in [5.41, 5.74) is 16.5. The molecule has 2 aliphatic rings. The molecule has 0 saturated carbocycles. The van der Waals surface area contributed by atoms with Crippen LogP contribution < -0.4 is 0 Å². The Bertz CT molecular complexity index is 1630. The number of fused-ring (bicyclic) bond motifs is 3. The van der Waals surface area contributed by atoms with Crippen LogP contribution in [0.1, 0.15) is 98.0 Å². The van der Waals surface area contributed by atoms with Gasteiger partial charge in [-0.1, -0.05) is 150 Å². The van der Waals surface area contributed by atoms with E-state index in [1.165, 1.54) is 66.8 Å². The zero-order valence-electron chi connectivity index (χ0n) is 26.2. The molecule has 4 aromatic rings. The van der Waals surface area contributed by atoms with Gasteiger partial charge in [-0.2, -0.15) is 0 Å². The Morgan fingerprint density at radius 3 is 1.66 bits per heavy atom. The van der Waals surface area contributed by atoms with Crippen molar-refractivity contribution in [3.05, 3.63) is 153 Å². The largest absolute Gasteiger partial charge is 0.0804 e. The summed E-state index contributed by atoms with van der Waals surface area (Å²) in [5, 5.41) is 0. The van der Waals surface area contributed by atoms with Crippen LogP contribution in [0.15, 0.2) is 103 Å². The molecule has 0 fully saturated rings. The van der Waals surface area contributed by atoms with Gasteiger partial charge in [0.05, 0.1) is 5.41 Å². The molecule has 0 spiro atoms. The predicted octanol–water partition coefficient (Wildman–Crippen LogP) is 10.7. The highest BCUT2D eigenvalue weighted by atomic mass is 14.5. The van der Waals surface area contributed by atoms with Crippen LogP contribution in [0.4, 0.5) is 0 Å².